The molecule has 0 radical (unpaired) electrons. The Kier molecular flexibility index (Phi) is 6.85. The zero-order chi connectivity index (χ0) is 21.1. The molecule has 0 aromatic heterocycles. The van der Waals surface area contributed by atoms with Gasteiger partial charge in [-0.3, -0.25) is 10.1 Å². The molecule has 1 aliphatic rings. The number of benzene rings is 1. The van der Waals surface area contributed by atoms with Crippen LogP contribution < -0.4 is 10.0 Å². The highest BCUT2D eigenvalue weighted by atomic mass is 32.2. The Balaban J connectivity index is 1.97. The molecule has 0 bridgehead atoms. The summed E-state index contributed by atoms with van der Waals surface area (Å²) < 4.78 is 71.8. The first-order valence-electron chi connectivity index (χ1n) is 8.40. The van der Waals surface area contributed by atoms with Gasteiger partial charge < -0.3 is 10.1 Å². The molecule has 0 aliphatic carbocycles. The van der Waals surface area contributed by atoms with E-state index in [0.717, 1.165) is 12.1 Å². The fourth-order valence-electron chi connectivity index (χ4n) is 2.80. The van der Waals surface area contributed by atoms with Gasteiger partial charge in [0.05, 0.1) is 22.7 Å². The summed E-state index contributed by atoms with van der Waals surface area (Å²) in [7, 11) is -3.78. The predicted octanol–water partition coefficient (Wildman–Crippen LogP) is 1.97. The molecule has 9 nitrogen and oxygen atoms in total. The molecular weight excluding hydrogens is 405 g/mol. The van der Waals surface area contributed by atoms with Crippen molar-refractivity contribution < 1.29 is 31.2 Å². The number of nitro groups is 1. The van der Waals surface area contributed by atoms with Gasteiger partial charge in [-0.05, 0) is 26.0 Å². The lowest BCUT2D eigenvalue weighted by atomic mass is 10.1. The largest absolute Gasteiger partial charge is 0.416 e. The molecule has 1 aliphatic heterocycles. The number of alkyl halides is 3. The van der Waals surface area contributed by atoms with E-state index in [9.17, 15) is 31.7 Å². The number of rotatable bonds is 7. The van der Waals surface area contributed by atoms with Crippen LogP contribution in [0, 0.1) is 10.1 Å². The number of ether oxygens (including phenoxy) is 1. The van der Waals surface area contributed by atoms with Gasteiger partial charge >= 0.3 is 6.18 Å². The standard InChI is InChI=1S/C15H21F3N4O5S/c1-10-8-21(9-11(2)27-10)28(25,26)20-6-5-19-13-4-3-12(15(16,17)18)7-14(13)22(23)24/h3-4,7,10-11,19-20H,5-6,8-9H2,1-2H3. The molecule has 0 amide bonds. The third-order valence-electron chi connectivity index (χ3n) is 3.97. The minimum Gasteiger partial charge on any atom is -0.378 e. The van der Waals surface area contributed by atoms with E-state index < -0.39 is 32.6 Å². The van der Waals surface area contributed by atoms with Crippen LogP contribution in [-0.2, 0) is 21.1 Å². The van der Waals surface area contributed by atoms with Crippen LogP contribution in [0.4, 0.5) is 24.5 Å². The van der Waals surface area contributed by atoms with Crippen LogP contribution in [0.3, 0.4) is 0 Å². The van der Waals surface area contributed by atoms with Crippen molar-refractivity contribution in [3.63, 3.8) is 0 Å². The summed E-state index contributed by atoms with van der Waals surface area (Å²) in [5.74, 6) is 0. The van der Waals surface area contributed by atoms with Gasteiger partial charge in [-0.25, -0.2) is 4.72 Å². The molecule has 13 heteroatoms. The Labute approximate surface area is 160 Å². The monoisotopic (exact) mass is 426 g/mol. The molecule has 2 atom stereocenters. The Morgan fingerprint density at radius 1 is 1.25 bits per heavy atom. The quantitative estimate of drug-likeness (QED) is 0.392. The first kappa shape index (κ1) is 22.3. The molecule has 1 fully saturated rings. The molecular formula is C15H21F3N4O5S. The van der Waals surface area contributed by atoms with Gasteiger partial charge in [-0.1, -0.05) is 0 Å². The summed E-state index contributed by atoms with van der Waals surface area (Å²) in [6.45, 7) is 3.73. The van der Waals surface area contributed by atoms with Gasteiger partial charge in [0.1, 0.15) is 5.69 Å². The highest BCUT2D eigenvalue weighted by Crippen LogP contribution is 2.34. The van der Waals surface area contributed by atoms with Gasteiger partial charge in [0.25, 0.3) is 15.9 Å². The van der Waals surface area contributed by atoms with Crippen LogP contribution in [0.25, 0.3) is 0 Å². The molecule has 0 spiro atoms. The average Bonchev–Trinajstić information content (AvgIpc) is 2.57. The minimum absolute atomic E-state index is 0.0547. The van der Waals surface area contributed by atoms with E-state index in [0.29, 0.717) is 6.07 Å². The number of halogens is 3. The number of morpholine rings is 1. The molecule has 158 valence electrons. The lowest BCUT2D eigenvalue weighted by molar-refractivity contribution is -0.384. The van der Waals surface area contributed by atoms with Crippen molar-refractivity contribution in [2.45, 2.75) is 32.2 Å². The van der Waals surface area contributed by atoms with E-state index in [1.54, 1.807) is 13.8 Å². The summed E-state index contributed by atoms with van der Waals surface area (Å²) in [5, 5.41) is 13.6. The average molecular weight is 426 g/mol. The molecule has 28 heavy (non-hydrogen) atoms. The van der Waals surface area contributed by atoms with Crippen LogP contribution in [0.15, 0.2) is 18.2 Å². The maximum Gasteiger partial charge on any atom is 0.416 e. The van der Waals surface area contributed by atoms with Crippen LogP contribution >= 0.6 is 0 Å². The smallest absolute Gasteiger partial charge is 0.378 e. The van der Waals surface area contributed by atoms with E-state index in [1.165, 1.54) is 4.31 Å². The summed E-state index contributed by atoms with van der Waals surface area (Å²) in [4.78, 5) is 10.1. The fraction of sp³-hybridized carbons (Fsp3) is 0.600. The van der Waals surface area contributed by atoms with Gasteiger partial charge in [0.2, 0.25) is 0 Å². The fourth-order valence-corrected chi connectivity index (χ4v) is 4.16. The highest BCUT2D eigenvalue weighted by Gasteiger charge is 2.33. The number of hydrogen-bond donors (Lipinski definition) is 2. The number of nitrogens with one attached hydrogen (secondary N) is 2. The van der Waals surface area contributed by atoms with Gasteiger partial charge in [0.15, 0.2) is 0 Å². The molecule has 1 saturated heterocycles. The molecule has 1 aromatic rings. The summed E-state index contributed by atoms with van der Waals surface area (Å²) in [5.41, 5.74) is -2.01. The van der Waals surface area contributed by atoms with Crippen LogP contribution in [0.2, 0.25) is 0 Å². The van der Waals surface area contributed by atoms with Crippen molar-refractivity contribution in [1.29, 1.82) is 0 Å². The maximum absolute atomic E-state index is 12.7. The maximum atomic E-state index is 12.7. The number of nitro benzene ring substituents is 1. The first-order chi connectivity index (χ1) is 12.9. The lowest BCUT2D eigenvalue weighted by Gasteiger charge is -2.34. The van der Waals surface area contributed by atoms with Crippen molar-refractivity contribution in [2.24, 2.45) is 0 Å². The van der Waals surface area contributed by atoms with E-state index >= 15 is 0 Å². The molecule has 1 aromatic carbocycles. The third-order valence-corrected chi connectivity index (χ3v) is 5.52. The zero-order valence-electron chi connectivity index (χ0n) is 15.2. The van der Waals surface area contributed by atoms with E-state index in [4.69, 9.17) is 4.74 Å². The predicted molar refractivity (Wildman–Crippen MR) is 95.1 cm³/mol. The number of nitrogens with zero attached hydrogens (tertiary/aromatic N) is 2. The highest BCUT2D eigenvalue weighted by molar-refractivity contribution is 7.87. The summed E-state index contributed by atoms with van der Waals surface area (Å²) in [6.07, 6.45) is -5.22. The molecule has 2 N–H and O–H groups in total. The minimum atomic E-state index is -4.70. The van der Waals surface area contributed by atoms with Crippen LogP contribution in [-0.4, -0.2) is 56.0 Å². The normalized spacial score (nSPS) is 21.5. The molecule has 1 heterocycles. The second kappa shape index (κ2) is 8.59. The van der Waals surface area contributed by atoms with Crippen molar-refractivity contribution in [3.05, 3.63) is 33.9 Å². The van der Waals surface area contributed by atoms with Crippen LogP contribution in [0.5, 0.6) is 0 Å². The van der Waals surface area contributed by atoms with Gasteiger partial charge in [-0.15, -0.1) is 0 Å². The Morgan fingerprint density at radius 2 is 1.86 bits per heavy atom. The van der Waals surface area contributed by atoms with Crippen LogP contribution in [0.1, 0.15) is 19.4 Å². The lowest BCUT2D eigenvalue weighted by Crippen LogP contribution is -2.52. The zero-order valence-corrected chi connectivity index (χ0v) is 16.0. The summed E-state index contributed by atoms with van der Waals surface area (Å²) >= 11 is 0. The van der Waals surface area contributed by atoms with E-state index in [2.05, 4.69) is 10.0 Å². The number of hydrogen-bond acceptors (Lipinski definition) is 6. The van der Waals surface area contributed by atoms with Crippen molar-refractivity contribution in [3.8, 4) is 0 Å². The van der Waals surface area contributed by atoms with E-state index in [-0.39, 0.29) is 44.1 Å². The topological polar surface area (TPSA) is 114 Å². The van der Waals surface area contributed by atoms with Crippen molar-refractivity contribution in [1.82, 2.24) is 9.03 Å². The van der Waals surface area contributed by atoms with Gasteiger partial charge in [0, 0.05) is 32.2 Å². The molecule has 0 saturated carbocycles. The molecule has 2 unspecified atom stereocenters. The summed E-state index contributed by atoms with van der Waals surface area (Å²) in [6, 6.07) is 2.10. The Hall–Kier alpha value is -1.96. The van der Waals surface area contributed by atoms with Crippen molar-refractivity contribution in [2.75, 3.05) is 31.5 Å². The second-order valence-electron chi connectivity index (χ2n) is 6.39. The van der Waals surface area contributed by atoms with E-state index in [1.807, 2.05) is 0 Å². The Morgan fingerprint density at radius 3 is 2.39 bits per heavy atom. The number of anilines is 1. The van der Waals surface area contributed by atoms with Crippen molar-refractivity contribution >= 4 is 21.6 Å². The second-order valence-corrected chi connectivity index (χ2v) is 8.14. The first-order valence-corrected chi connectivity index (χ1v) is 9.84. The van der Waals surface area contributed by atoms with Gasteiger partial charge in [-0.2, -0.15) is 25.9 Å². The Bertz CT molecular complexity index is 808. The third kappa shape index (κ3) is 5.77. The molecule has 2 rings (SSSR count). The SMILES string of the molecule is CC1CN(S(=O)(=O)NCCNc2ccc(C(F)(F)F)cc2[N+](=O)[O-])CC(C)O1.